The molecule has 0 unspecified atom stereocenters. The summed E-state index contributed by atoms with van der Waals surface area (Å²) in [6.45, 7) is 2.78. The van der Waals surface area contributed by atoms with E-state index in [1.54, 1.807) is 12.4 Å². The van der Waals surface area contributed by atoms with Crippen LogP contribution in [0.1, 0.15) is 37.7 Å². The lowest BCUT2D eigenvalue weighted by atomic mass is 9.90. The lowest BCUT2D eigenvalue weighted by Crippen LogP contribution is -2.46. The van der Waals surface area contributed by atoms with Crippen molar-refractivity contribution in [3.05, 3.63) is 55.0 Å². The van der Waals surface area contributed by atoms with Crippen molar-refractivity contribution in [3.63, 3.8) is 0 Å². The minimum Gasteiger partial charge on any atom is -0.467 e. The molecule has 1 N–H and O–H groups in total. The van der Waals surface area contributed by atoms with Gasteiger partial charge in [0.2, 0.25) is 5.95 Å². The van der Waals surface area contributed by atoms with Crippen LogP contribution in [0, 0.1) is 0 Å². The molecule has 15 nitrogen and oxygen atoms in total. The Labute approximate surface area is 291 Å². The maximum Gasteiger partial charge on any atom is 0.419 e. The first-order valence-corrected chi connectivity index (χ1v) is 18.0. The van der Waals surface area contributed by atoms with Crippen LogP contribution >= 0.6 is 0 Å². The summed E-state index contributed by atoms with van der Waals surface area (Å²) in [5.41, 5.74) is -0.635. The number of likely N-dealkylation sites (tertiary alicyclic amines) is 1. The third kappa shape index (κ3) is 8.65. The van der Waals surface area contributed by atoms with Crippen LogP contribution in [0.15, 0.2) is 54.3 Å². The van der Waals surface area contributed by atoms with Gasteiger partial charge in [-0.1, -0.05) is 0 Å². The van der Waals surface area contributed by atoms with Gasteiger partial charge in [-0.05, 0) is 51.3 Å². The van der Waals surface area contributed by atoms with E-state index in [0.29, 0.717) is 55.5 Å². The average molecular weight is 729 g/mol. The summed E-state index contributed by atoms with van der Waals surface area (Å²) in [6.07, 6.45) is 7.71. The second kappa shape index (κ2) is 15.1. The van der Waals surface area contributed by atoms with Crippen molar-refractivity contribution in [2.75, 3.05) is 49.8 Å². The molecule has 1 aliphatic carbocycles. The van der Waals surface area contributed by atoms with Gasteiger partial charge in [-0.15, -0.1) is 0 Å². The van der Waals surface area contributed by atoms with E-state index < -0.39 is 33.4 Å². The van der Waals surface area contributed by atoms with Crippen molar-refractivity contribution in [1.82, 2.24) is 39.8 Å². The highest BCUT2D eigenvalue weighted by molar-refractivity contribution is 7.90. The Hall–Kier alpha value is -5.04. The molecule has 4 aromatic heterocycles. The molecule has 6 rings (SSSR count). The average Bonchev–Trinajstić information content (AvgIpc) is 3.10. The molecule has 51 heavy (non-hydrogen) atoms. The quantitative estimate of drug-likeness (QED) is 0.231. The minimum atomic E-state index is -4.80. The minimum absolute atomic E-state index is 0.0579. The Bertz CT molecular complexity index is 1940. The number of nitrogens with one attached hydrogen (secondary N) is 1. The topological polar surface area (TPSA) is 178 Å². The standard InChI is InChI=1S/C32H35F3N10O5S/c1-49-30-40-14-21(15-41-30)26-18-38-27(19-37-26)45(31(46)50-11-10-44-8-3-9-44)23-6-4-22(5-7-23)42-29-39-17-25(32(33,34)35)28(43-29)20-12-24(16-36-13-20)51(2,47)48/h12-19,22-23H,3-11H2,1-2H3,(H,39,42,43). The van der Waals surface area contributed by atoms with Crippen molar-refractivity contribution in [2.24, 2.45) is 0 Å². The molecule has 4 aromatic rings. The number of hydrogen-bond acceptors (Lipinski definition) is 14. The lowest BCUT2D eigenvalue weighted by molar-refractivity contribution is -0.137. The fourth-order valence-corrected chi connectivity index (χ4v) is 6.40. The Morgan fingerprint density at radius 1 is 0.961 bits per heavy atom. The van der Waals surface area contributed by atoms with Crippen molar-refractivity contribution in [3.8, 4) is 28.5 Å². The van der Waals surface area contributed by atoms with Gasteiger partial charge >= 0.3 is 18.3 Å². The van der Waals surface area contributed by atoms with E-state index in [1.807, 2.05) is 0 Å². The molecular formula is C32H35F3N10O5S. The summed E-state index contributed by atoms with van der Waals surface area (Å²) in [6, 6.07) is 0.770. The van der Waals surface area contributed by atoms with Gasteiger partial charge in [0, 0.05) is 67.0 Å². The number of alkyl halides is 3. The second-order valence-corrected chi connectivity index (χ2v) is 14.2. The van der Waals surface area contributed by atoms with Crippen LogP contribution in [0.25, 0.3) is 22.5 Å². The number of ether oxygens (including phenoxy) is 2. The Kier molecular flexibility index (Phi) is 10.6. The number of amides is 1. The van der Waals surface area contributed by atoms with E-state index in [0.717, 1.165) is 44.2 Å². The molecule has 1 amide bonds. The number of rotatable bonds is 11. The first kappa shape index (κ1) is 35.8. The smallest absolute Gasteiger partial charge is 0.419 e. The van der Waals surface area contributed by atoms with Gasteiger partial charge in [-0.25, -0.2) is 38.1 Å². The van der Waals surface area contributed by atoms with E-state index >= 15 is 0 Å². The predicted molar refractivity (Wildman–Crippen MR) is 178 cm³/mol. The molecule has 270 valence electrons. The highest BCUT2D eigenvalue weighted by Gasteiger charge is 2.37. The SMILES string of the molecule is COc1ncc(-c2cnc(N(C(=O)OCCN3CCC3)C3CCC(Nc4ncc(C(F)(F)F)c(-c5cncc(S(C)(=O)=O)c5)n4)CC3)cn2)cn1. The first-order chi connectivity index (χ1) is 24.4. The van der Waals surface area contributed by atoms with Gasteiger partial charge in [0.1, 0.15) is 12.2 Å². The number of anilines is 2. The fraction of sp³-hybridized carbons (Fsp3) is 0.438. The van der Waals surface area contributed by atoms with Crippen LogP contribution < -0.4 is 15.0 Å². The van der Waals surface area contributed by atoms with Crippen LogP contribution in [-0.2, 0) is 20.8 Å². The summed E-state index contributed by atoms with van der Waals surface area (Å²) < 4.78 is 76.7. The van der Waals surface area contributed by atoms with Crippen molar-refractivity contribution < 1.29 is 35.9 Å². The monoisotopic (exact) mass is 728 g/mol. The third-order valence-corrected chi connectivity index (χ3v) is 9.75. The molecule has 1 saturated heterocycles. The normalized spacial score (nSPS) is 18.1. The zero-order valence-electron chi connectivity index (χ0n) is 27.7. The molecule has 1 aliphatic heterocycles. The molecular weight excluding hydrogens is 693 g/mol. The molecule has 1 saturated carbocycles. The molecule has 0 spiro atoms. The molecule has 0 atom stereocenters. The number of pyridine rings is 1. The highest BCUT2D eigenvalue weighted by atomic mass is 32.2. The molecule has 0 radical (unpaired) electrons. The third-order valence-electron chi connectivity index (χ3n) is 8.67. The van der Waals surface area contributed by atoms with E-state index in [1.165, 1.54) is 24.4 Å². The van der Waals surface area contributed by atoms with Gasteiger partial charge < -0.3 is 14.8 Å². The molecule has 5 heterocycles. The molecule has 2 fully saturated rings. The number of methoxy groups -OCH3 is 1. The van der Waals surface area contributed by atoms with Gasteiger partial charge in [0.25, 0.3) is 0 Å². The molecule has 0 bridgehead atoms. The summed E-state index contributed by atoms with van der Waals surface area (Å²) in [5.74, 6) is 0.247. The number of carbonyl (C=O) groups is 1. The highest BCUT2D eigenvalue weighted by Crippen LogP contribution is 2.37. The number of aromatic nitrogens is 7. The number of carbonyl (C=O) groups excluding carboxylic acids is 1. The van der Waals surface area contributed by atoms with Gasteiger partial charge in [0.15, 0.2) is 15.7 Å². The number of nitrogens with zero attached hydrogens (tertiary/aromatic N) is 9. The second-order valence-electron chi connectivity index (χ2n) is 12.2. The van der Waals surface area contributed by atoms with Gasteiger partial charge in [0.05, 0.1) is 35.8 Å². The summed E-state index contributed by atoms with van der Waals surface area (Å²) in [7, 11) is -2.27. The summed E-state index contributed by atoms with van der Waals surface area (Å²) in [5, 5.41) is 3.12. The first-order valence-electron chi connectivity index (χ1n) is 16.1. The van der Waals surface area contributed by atoms with E-state index in [-0.39, 0.29) is 41.1 Å². The van der Waals surface area contributed by atoms with Crippen LogP contribution in [0.3, 0.4) is 0 Å². The zero-order chi connectivity index (χ0) is 36.2. The summed E-state index contributed by atoms with van der Waals surface area (Å²) >= 11 is 0. The number of halogens is 3. The van der Waals surface area contributed by atoms with Crippen molar-refractivity contribution >= 4 is 27.7 Å². The van der Waals surface area contributed by atoms with Crippen LogP contribution in [0.2, 0.25) is 0 Å². The van der Waals surface area contributed by atoms with Crippen LogP contribution in [0.5, 0.6) is 6.01 Å². The van der Waals surface area contributed by atoms with E-state index in [4.69, 9.17) is 9.47 Å². The Morgan fingerprint density at radius 3 is 2.31 bits per heavy atom. The molecule has 0 aromatic carbocycles. The fourth-order valence-electron chi connectivity index (χ4n) is 5.81. The van der Waals surface area contributed by atoms with Crippen LogP contribution in [-0.4, -0.2) is 106 Å². The van der Waals surface area contributed by atoms with E-state index in [9.17, 15) is 26.4 Å². The molecule has 2 aliphatic rings. The maximum absolute atomic E-state index is 14.0. The number of sulfone groups is 1. The van der Waals surface area contributed by atoms with Crippen LogP contribution in [0.4, 0.5) is 29.7 Å². The zero-order valence-corrected chi connectivity index (χ0v) is 28.6. The van der Waals surface area contributed by atoms with Crippen molar-refractivity contribution in [1.29, 1.82) is 0 Å². The Balaban J connectivity index is 1.18. The summed E-state index contributed by atoms with van der Waals surface area (Å²) in [4.78, 5) is 46.1. The van der Waals surface area contributed by atoms with Gasteiger partial charge in [-0.2, -0.15) is 13.2 Å². The van der Waals surface area contributed by atoms with Crippen molar-refractivity contribution in [2.45, 2.75) is 55.3 Å². The Morgan fingerprint density at radius 2 is 1.71 bits per heavy atom. The molecule has 19 heteroatoms. The lowest BCUT2D eigenvalue weighted by Gasteiger charge is -2.36. The maximum atomic E-state index is 14.0. The number of hydrogen-bond donors (Lipinski definition) is 1. The van der Waals surface area contributed by atoms with Gasteiger partial charge in [-0.3, -0.25) is 19.8 Å². The van der Waals surface area contributed by atoms with E-state index in [2.05, 4.69) is 45.1 Å². The largest absolute Gasteiger partial charge is 0.467 e. The predicted octanol–water partition coefficient (Wildman–Crippen LogP) is 4.29.